The van der Waals surface area contributed by atoms with Crippen molar-refractivity contribution < 1.29 is 14.3 Å². The fraction of sp³-hybridized carbons (Fsp3) is 0.368. The molecule has 1 N–H and O–H groups in total. The lowest BCUT2D eigenvalue weighted by molar-refractivity contribution is -0.130. The summed E-state index contributed by atoms with van der Waals surface area (Å²) in [6.07, 6.45) is 2.77. The van der Waals surface area contributed by atoms with Gasteiger partial charge in [0.2, 0.25) is 6.10 Å². The topological polar surface area (TPSA) is 64.9 Å². The number of rotatable bonds is 3. The second kappa shape index (κ2) is 6.63. The van der Waals surface area contributed by atoms with Crippen LogP contribution >= 0.6 is 0 Å². The minimum atomic E-state index is -0.728. The van der Waals surface area contributed by atoms with Crippen molar-refractivity contribution in [3.8, 4) is 11.5 Å². The number of nitrogens with one attached hydrogen (secondary N) is 1. The van der Waals surface area contributed by atoms with Crippen LogP contribution in [0.25, 0.3) is 0 Å². The predicted octanol–water partition coefficient (Wildman–Crippen LogP) is 2.61. The molecule has 0 saturated carbocycles. The summed E-state index contributed by atoms with van der Waals surface area (Å²) in [5, 5.41) is 3.98. The SMILES string of the molecule is Cn1cccc1/C=N/NC(=O)[C@H]1COc2ccc(C(C)(C)C)cc2O1. The molecule has 2 aromatic rings. The molecule has 132 valence electrons. The molecule has 0 bridgehead atoms. The van der Waals surface area contributed by atoms with E-state index < -0.39 is 6.10 Å². The number of hydrazone groups is 1. The van der Waals surface area contributed by atoms with Crippen molar-refractivity contribution in [3.63, 3.8) is 0 Å². The first-order chi connectivity index (χ1) is 11.8. The summed E-state index contributed by atoms with van der Waals surface area (Å²) >= 11 is 0. The zero-order valence-corrected chi connectivity index (χ0v) is 14.9. The van der Waals surface area contributed by atoms with Gasteiger partial charge in [-0.05, 0) is 35.2 Å². The fourth-order valence-corrected chi connectivity index (χ4v) is 2.51. The molecule has 0 radical (unpaired) electrons. The summed E-state index contributed by atoms with van der Waals surface area (Å²) in [4.78, 5) is 12.3. The summed E-state index contributed by atoms with van der Waals surface area (Å²) < 4.78 is 13.4. The van der Waals surface area contributed by atoms with Gasteiger partial charge in [0.05, 0.1) is 11.9 Å². The minimum Gasteiger partial charge on any atom is -0.485 e. The second-order valence-corrected chi connectivity index (χ2v) is 7.11. The van der Waals surface area contributed by atoms with Crippen molar-refractivity contribution in [2.24, 2.45) is 12.1 Å². The first-order valence-corrected chi connectivity index (χ1v) is 8.23. The molecule has 6 nitrogen and oxygen atoms in total. The van der Waals surface area contributed by atoms with Crippen molar-refractivity contribution in [2.45, 2.75) is 32.3 Å². The van der Waals surface area contributed by atoms with Crippen LogP contribution in [0.5, 0.6) is 11.5 Å². The lowest BCUT2D eigenvalue weighted by Crippen LogP contribution is -2.42. The van der Waals surface area contributed by atoms with E-state index in [1.165, 1.54) is 0 Å². The van der Waals surface area contributed by atoms with E-state index in [9.17, 15) is 4.79 Å². The summed E-state index contributed by atoms with van der Waals surface area (Å²) in [5.74, 6) is 0.909. The molecule has 0 aliphatic carbocycles. The summed E-state index contributed by atoms with van der Waals surface area (Å²) in [7, 11) is 1.91. The number of aromatic nitrogens is 1. The third-order valence-corrected chi connectivity index (χ3v) is 4.12. The predicted molar refractivity (Wildman–Crippen MR) is 96.2 cm³/mol. The van der Waals surface area contributed by atoms with E-state index in [2.05, 4.69) is 31.3 Å². The zero-order chi connectivity index (χ0) is 18.0. The number of nitrogens with zero attached hydrogens (tertiary/aromatic N) is 2. The average Bonchev–Trinajstić information content (AvgIpc) is 2.98. The van der Waals surface area contributed by atoms with Crippen molar-refractivity contribution in [3.05, 3.63) is 47.8 Å². The zero-order valence-electron chi connectivity index (χ0n) is 14.9. The van der Waals surface area contributed by atoms with Crippen molar-refractivity contribution >= 4 is 12.1 Å². The Balaban J connectivity index is 1.66. The monoisotopic (exact) mass is 341 g/mol. The van der Waals surface area contributed by atoms with E-state index >= 15 is 0 Å². The molecule has 1 aliphatic rings. The molecule has 0 fully saturated rings. The number of benzene rings is 1. The number of hydrogen-bond donors (Lipinski definition) is 1. The van der Waals surface area contributed by atoms with Crippen LogP contribution in [0, 0.1) is 0 Å². The third kappa shape index (κ3) is 3.84. The highest BCUT2D eigenvalue weighted by Gasteiger charge is 2.28. The van der Waals surface area contributed by atoms with Gasteiger partial charge in [-0.15, -0.1) is 0 Å². The molecule has 1 aromatic carbocycles. The Morgan fingerprint density at radius 1 is 1.32 bits per heavy atom. The lowest BCUT2D eigenvalue weighted by Gasteiger charge is -2.27. The van der Waals surface area contributed by atoms with E-state index in [1.54, 1.807) is 6.21 Å². The molecule has 3 rings (SSSR count). The Kier molecular flexibility index (Phi) is 4.53. The molecular formula is C19H23N3O3. The number of ether oxygens (including phenoxy) is 2. The van der Waals surface area contributed by atoms with Gasteiger partial charge in [0.1, 0.15) is 6.61 Å². The molecule has 25 heavy (non-hydrogen) atoms. The molecule has 1 aliphatic heterocycles. The molecule has 6 heteroatoms. The number of fused-ring (bicyclic) bond motifs is 1. The summed E-state index contributed by atoms with van der Waals surface area (Å²) in [6, 6.07) is 9.65. The highest BCUT2D eigenvalue weighted by atomic mass is 16.6. The standard InChI is InChI=1S/C19H23N3O3/c1-19(2,3)13-7-8-15-16(10-13)25-17(12-24-15)18(23)21-20-11-14-6-5-9-22(14)4/h5-11,17H,12H2,1-4H3,(H,21,23)/b20-11+/t17-/m1/s1. The van der Waals surface area contributed by atoms with Gasteiger partial charge in [-0.1, -0.05) is 26.8 Å². The smallest absolute Gasteiger partial charge is 0.284 e. The van der Waals surface area contributed by atoms with Gasteiger partial charge in [0, 0.05) is 13.2 Å². The number of carbonyl (C=O) groups excluding carboxylic acids is 1. The van der Waals surface area contributed by atoms with Gasteiger partial charge in [0.15, 0.2) is 11.5 Å². The van der Waals surface area contributed by atoms with Crippen LogP contribution in [-0.4, -0.2) is 29.4 Å². The van der Waals surface area contributed by atoms with Gasteiger partial charge in [-0.3, -0.25) is 4.79 Å². The van der Waals surface area contributed by atoms with E-state index in [-0.39, 0.29) is 17.9 Å². The van der Waals surface area contributed by atoms with Gasteiger partial charge >= 0.3 is 0 Å². The van der Waals surface area contributed by atoms with Gasteiger partial charge in [-0.2, -0.15) is 5.10 Å². The largest absolute Gasteiger partial charge is 0.485 e. The fourth-order valence-electron chi connectivity index (χ4n) is 2.51. The normalized spacial score (nSPS) is 16.9. The lowest BCUT2D eigenvalue weighted by atomic mass is 9.87. The molecule has 2 heterocycles. The number of aryl methyl sites for hydroxylation is 1. The van der Waals surface area contributed by atoms with Crippen molar-refractivity contribution in [2.75, 3.05) is 6.61 Å². The first-order valence-electron chi connectivity index (χ1n) is 8.23. The molecule has 1 atom stereocenters. The van der Waals surface area contributed by atoms with E-state index in [0.717, 1.165) is 11.3 Å². The Hall–Kier alpha value is -2.76. The Morgan fingerprint density at radius 3 is 2.80 bits per heavy atom. The minimum absolute atomic E-state index is 0.00699. The Morgan fingerprint density at radius 2 is 2.12 bits per heavy atom. The van der Waals surface area contributed by atoms with Gasteiger partial charge in [-0.25, -0.2) is 5.43 Å². The number of amides is 1. The van der Waals surface area contributed by atoms with Crippen LogP contribution in [0.4, 0.5) is 0 Å². The molecular weight excluding hydrogens is 318 g/mol. The van der Waals surface area contributed by atoms with Crippen LogP contribution in [-0.2, 0) is 17.3 Å². The first kappa shape index (κ1) is 17.1. The van der Waals surface area contributed by atoms with Crippen LogP contribution < -0.4 is 14.9 Å². The highest BCUT2D eigenvalue weighted by molar-refractivity contribution is 5.84. The van der Waals surface area contributed by atoms with Crippen molar-refractivity contribution in [1.82, 2.24) is 9.99 Å². The number of carbonyl (C=O) groups is 1. The number of hydrogen-bond acceptors (Lipinski definition) is 4. The maximum Gasteiger partial charge on any atom is 0.284 e. The van der Waals surface area contributed by atoms with Crippen LogP contribution in [0.3, 0.4) is 0 Å². The Labute approximate surface area is 147 Å². The van der Waals surface area contributed by atoms with E-state index in [0.29, 0.717) is 11.5 Å². The van der Waals surface area contributed by atoms with Crippen LogP contribution in [0.1, 0.15) is 32.0 Å². The Bertz CT molecular complexity index is 802. The molecule has 1 aromatic heterocycles. The average molecular weight is 341 g/mol. The molecule has 0 spiro atoms. The molecule has 1 amide bonds. The van der Waals surface area contributed by atoms with Crippen molar-refractivity contribution in [1.29, 1.82) is 0 Å². The highest BCUT2D eigenvalue weighted by Crippen LogP contribution is 2.36. The summed E-state index contributed by atoms with van der Waals surface area (Å²) in [6.45, 7) is 6.54. The van der Waals surface area contributed by atoms with Gasteiger partial charge in [0.25, 0.3) is 5.91 Å². The third-order valence-electron chi connectivity index (χ3n) is 4.12. The molecule has 0 saturated heterocycles. The van der Waals surface area contributed by atoms with Crippen LogP contribution in [0.2, 0.25) is 0 Å². The maximum atomic E-state index is 12.3. The summed E-state index contributed by atoms with van der Waals surface area (Å²) in [5.41, 5.74) is 4.51. The quantitative estimate of drug-likeness (QED) is 0.689. The van der Waals surface area contributed by atoms with E-state index in [1.807, 2.05) is 48.1 Å². The molecule has 0 unspecified atom stereocenters. The second-order valence-electron chi connectivity index (χ2n) is 7.11. The van der Waals surface area contributed by atoms with E-state index in [4.69, 9.17) is 9.47 Å². The van der Waals surface area contributed by atoms with Gasteiger partial charge < -0.3 is 14.0 Å². The maximum absolute atomic E-state index is 12.3. The van der Waals surface area contributed by atoms with Crippen LogP contribution in [0.15, 0.2) is 41.6 Å².